The third-order valence-electron chi connectivity index (χ3n) is 4.41. The Morgan fingerprint density at radius 2 is 2.00 bits per heavy atom. The Kier molecular flexibility index (Phi) is 12.9. The van der Waals surface area contributed by atoms with Crippen molar-refractivity contribution in [2.24, 2.45) is 10.9 Å². The minimum absolute atomic E-state index is 0. The molecule has 1 aliphatic rings. The van der Waals surface area contributed by atoms with Crippen LogP contribution in [0.4, 0.5) is 5.69 Å². The second-order valence-electron chi connectivity index (χ2n) is 7.42. The van der Waals surface area contributed by atoms with Crippen LogP contribution in [0.5, 0.6) is 0 Å². The largest absolute Gasteiger partial charge is 0.379 e. The van der Waals surface area contributed by atoms with Crippen LogP contribution in [-0.2, 0) is 16.1 Å². The van der Waals surface area contributed by atoms with Crippen molar-refractivity contribution in [3.05, 3.63) is 29.8 Å². The maximum Gasteiger partial charge on any atom is 0.225 e. The summed E-state index contributed by atoms with van der Waals surface area (Å²) in [5, 5.41) is 9.60. The Hall–Kier alpha value is -1.39. The lowest BCUT2D eigenvalue weighted by atomic mass is 10.2. The number of hydrogen-bond acceptors (Lipinski definition) is 4. The van der Waals surface area contributed by atoms with Gasteiger partial charge in [-0.3, -0.25) is 9.69 Å². The first-order valence-electron chi connectivity index (χ1n) is 10.3. The zero-order valence-corrected chi connectivity index (χ0v) is 20.2. The van der Waals surface area contributed by atoms with E-state index in [1.165, 1.54) is 0 Å². The summed E-state index contributed by atoms with van der Waals surface area (Å²) in [6.07, 6.45) is 0.492. The Bertz CT molecular complexity index is 633. The number of hydrogen-bond donors (Lipinski definition) is 3. The summed E-state index contributed by atoms with van der Waals surface area (Å²) < 4.78 is 5.34. The van der Waals surface area contributed by atoms with Crippen LogP contribution in [0.2, 0.25) is 0 Å². The lowest BCUT2D eigenvalue weighted by Crippen LogP contribution is -2.39. The number of guanidine groups is 1. The quantitative estimate of drug-likeness (QED) is 0.267. The Morgan fingerprint density at radius 3 is 2.69 bits per heavy atom. The molecule has 1 aromatic carbocycles. The second kappa shape index (κ2) is 14.6. The van der Waals surface area contributed by atoms with Crippen LogP contribution in [0, 0.1) is 5.92 Å². The van der Waals surface area contributed by atoms with Crippen LogP contribution >= 0.6 is 24.0 Å². The highest BCUT2D eigenvalue weighted by Gasteiger charge is 2.12. The number of aliphatic imine (C=N–C) groups is 1. The van der Waals surface area contributed by atoms with Gasteiger partial charge in [-0.05, 0) is 30.5 Å². The number of nitrogens with one attached hydrogen (secondary N) is 3. The fraction of sp³-hybridized carbons (Fsp3) is 0.619. The molecule has 0 aliphatic carbocycles. The van der Waals surface area contributed by atoms with Gasteiger partial charge in [0.05, 0.1) is 19.8 Å². The summed E-state index contributed by atoms with van der Waals surface area (Å²) in [7, 11) is 0. The summed E-state index contributed by atoms with van der Waals surface area (Å²) in [6, 6.07) is 7.89. The number of ether oxygens (including phenoxy) is 1. The molecule has 1 heterocycles. The molecule has 0 aromatic heterocycles. The number of amides is 1. The summed E-state index contributed by atoms with van der Waals surface area (Å²) in [5.41, 5.74) is 1.88. The van der Waals surface area contributed by atoms with Gasteiger partial charge < -0.3 is 20.7 Å². The number of rotatable bonds is 9. The average molecular weight is 517 g/mol. The highest BCUT2D eigenvalue weighted by Crippen LogP contribution is 2.12. The van der Waals surface area contributed by atoms with Crippen molar-refractivity contribution in [1.29, 1.82) is 0 Å². The van der Waals surface area contributed by atoms with Gasteiger partial charge in [-0.25, -0.2) is 4.99 Å². The standard InChI is InChI=1S/C21H35N5O2.HI/c1-4-22-21(23-15-17(2)3)24-16-18-6-5-7-19(14-18)25-20(27)8-9-26-10-12-28-13-11-26;/h5-7,14,17H,4,8-13,15-16H2,1-3H3,(H,25,27)(H2,22,23,24);1H. The zero-order chi connectivity index (χ0) is 20.2. The number of carbonyl (C=O) groups excluding carboxylic acids is 1. The Morgan fingerprint density at radius 1 is 1.24 bits per heavy atom. The van der Waals surface area contributed by atoms with E-state index >= 15 is 0 Å². The molecule has 7 nitrogen and oxygen atoms in total. The fourth-order valence-electron chi connectivity index (χ4n) is 2.87. The van der Waals surface area contributed by atoms with Crippen LogP contribution in [0.25, 0.3) is 0 Å². The molecule has 0 atom stereocenters. The van der Waals surface area contributed by atoms with Crippen molar-refractivity contribution in [3.63, 3.8) is 0 Å². The van der Waals surface area contributed by atoms with E-state index in [0.717, 1.165) is 63.1 Å². The van der Waals surface area contributed by atoms with E-state index in [9.17, 15) is 4.79 Å². The Labute approximate surface area is 192 Å². The van der Waals surface area contributed by atoms with E-state index in [0.29, 0.717) is 18.9 Å². The fourth-order valence-corrected chi connectivity index (χ4v) is 2.87. The SMILES string of the molecule is CCNC(=NCc1cccc(NC(=O)CCN2CCOCC2)c1)NCC(C)C.I. The number of carbonyl (C=O) groups is 1. The predicted octanol–water partition coefficient (Wildman–Crippen LogP) is 2.68. The summed E-state index contributed by atoms with van der Waals surface area (Å²) in [5.74, 6) is 1.41. The van der Waals surface area contributed by atoms with Crippen LogP contribution < -0.4 is 16.0 Å². The lowest BCUT2D eigenvalue weighted by molar-refractivity contribution is -0.116. The van der Waals surface area contributed by atoms with E-state index in [-0.39, 0.29) is 29.9 Å². The van der Waals surface area contributed by atoms with E-state index in [2.05, 4.69) is 46.6 Å². The monoisotopic (exact) mass is 517 g/mol. The minimum atomic E-state index is 0. The molecule has 0 spiro atoms. The highest BCUT2D eigenvalue weighted by molar-refractivity contribution is 14.0. The van der Waals surface area contributed by atoms with Crippen LogP contribution in [0.1, 0.15) is 32.8 Å². The van der Waals surface area contributed by atoms with Crippen LogP contribution in [-0.4, -0.2) is 62.7 Å². The molecule has 0 unspecified atom stereocenters. The second-order valence-corrected chi connectivity index (χ2v) is 7.42. The van der Waals surface area contributed by atoms with Gasteiger partial charge in [-0.15, -0.1) is 24.0 Å². The van der Waals surface area contributed by atoms with Gasteiger partial charge in [0.25, 0.3) is 0 Å². The molecule has 1 fully saturated rings. The molecule has 1 aliphatic heterocycles. The van der Waals surface area contributed by atoms with Crippen molar-refractivity contribution in [2.75, 3.05) is 51.3 Å². The summed E-state index contributed by atoms with van der Waals surface area (Å²) in [6.45, 7) is 12.7. The molecule has 3 N–H and O–H groups in total. The number of anilines is 1. The molecule has 29 heavy (non-hydrogen) atoms. The zero-order valence-electron chi connectivity index (χ0n) is 17.9. The molecule has 1 saturated heterocycles. The van der Waals surface area contributed by atoms with Gasteiger partial charge >= 0.3 is 0 Å². The van der Waals surface area contributed by atoms with Crippen molar-refractivity contribution >= 4 is 41.5 Å². The lowest BCUT2D eigenvalue weighted by Gasteiger charge is -2.26. The molecule has 0 saturated carbocycles. The molecule has 164 valence electrons. The van der Waals surface area contributed by atoms with E-state index in [1.807, 2.05) is 24.3 Å². The van der Waals surface area contributed by atoms with Gasteiger partial charge in [0, 0.05) is 44.8 Å². The third kappa shape index (κ3) is 10.8. The van der Waals surface area contributed by atoms with Crippen molar-refractivity contribution in [2.45, 2.75) is 33.7 Å². The molecule has 0 bridgehead atoms. The molecular weight excluding hydrogens is 481 g/mol. The molecule has 0 radical (unpaired) electrons. The maximum atomic E-state index is 12.3. The number of halogens is 1. The normalized spacial score (nSPS) is 15.0. The minimum Gasteiger partial charge on any atom is -0.379 e. The molecular formula is C21H36IN5O2. The smallest absolute Gasteiger partial charge is 0.225 e. The van der Waals surface area contributed by atoms with Gasteiger partial charge in [-0.2, -0.15) is 0 Å². The number of morpholine rings is 1. The average Bonchev–Trinajstić information content (AvgIpc) is 2.69. The number of benzene rings is 1. The van der Waals surface area contributed by atoms with E-state index < -0.39 is 0 Å². The predicted molar refractivity (Wildman–Crippen MR) is 130 cm³/mol. The topological polar surface area (TPSA) is 78.0 Å². The van der Waals surface area contributed by atoms with Crippen molar-refractivity contribution in [1.82, 2.24) is 15.5 Å². The van der Waals surface area contributed by atoms with Gasteiger partial charge in [0.1, 0.15) is 0 Å². The van der Waals surface area contributed by atoms with Gasteiger partial charge in [-0.1, -0.05) is 26.0 Å². The first kappa shape index (κ1) is 25.6. The van der Waals surface area contributed by atoms with E-state index in [1.54, 1.807) is 0 Å². The highest BCUT2D eigenvalue weighted by atomic mass is 127. The van der Waals surface area contributed by atoms with Crippen LogP contribution in [0.15, 0.2) is 29.3 Å². The molecule has 1 aromatic rings. The number of nitrogens with zero attached hydrogens (tertiary/aromatic N) is 2. The van der Waals surface area contributed by atoms with E-state index in [4.69, 9.17) is 4.74 Å². The first-order chi connectivity index (χ1) is 13.6. The molecule has 2 rings (SSSR count). The summed E-state index contributed by atoms with van der Waals surface area (Å²) in [4.78, 5) is 19.2. The first-order valence-corrected chi connectivity index (χ1v) is 10.3. The van der Waals surface area contributed by atoms with Crippen LogP contribution in [0.3, 0.4) is 0 Å². The third-order valence-corrected chi connectivity index (χ3v) is 4.41. The maximum absolute atomic E-state index is 12.3. The molecule has 8 heteroatoms. The van der Waals surface area contributed by atoms with Crippen molar-refractivity contribution < 1.29 is 9.53 Å². The molecule has 1 amide bonds. The van der Waals surface area contributed by atoms with Gasteiger partial charge in [0.2, 0.25) is 5.91 Å². The summed E-state index contributed by atoms with van der Waals surface area (Å²) >= 11 is 0. The Balaban J connectivity index is 0.00000420. The van der Waals surface area contributed by atoms with Crippen molar-refractivity contribution in [3.8, 4) is 0 Å². The van der Waals surface area contributed by atoms with Gasteiger partial charge in [0.15, 0.2) is 5.96 Å².